The molecule has 24 nitrogen and oxygen atoms in total. The Morgan fingerprint density at radius 1 is 0.323 bits per heavy atom. The molecule has 6 aromatic carbocycles. The van der Waals surface area contributed by atoms with Crippen molar-refractivity contribution >= 4 is 36.1 Å². The van der Waals surface area contributed by atoms with Gasteiger partial charge in [0.05, 0.1) is 39.6 Å². The first kappa shape index (κ1) is 67.5. The number of hydrogen-bond acceptors (Lipinski definition) is 19. The molecule has 2 aliphatic carbocycles. The number of carbonyl (C=O) groups is 6. The summed E-state index contributed by atoms with van der Waals surface area (Å²) < 4.78 is 68.6. The Morgan fingerprint density at radius 2 is 0.559 bits per heavy atom. The highest BCUT2D eigenvalue weighted by Gasteiger charge is 2.27. The van der Waals surface area contributed by atoms with Crippen LogP contribution in [-0.2, 0) is 72.2 Å². The lowest BCUT2D eigenvalue weighted by molar-refractivity contribution is -0.234. The summed E-state index contributed by atoms with van der Waals surface area (Å²) in [6, 6.07) is 24.2. The molecular formula is C69H74O24. The molecular weight excluding hydrogens is 1210 g/mol. The van der Waals surface area contributed by atoms with Crippen LogP contribution in [-0.4, -0.2) is 146 Å². The maximum absolute atomic E-state index is 12.0. The molecule has 12 heterocycles. The van der Waals surface area contributed by atoms with Gasteiger partial charge in [-0.25, -0.2) is 28.9 Å². The summed E-state index contributed by atoms with van der Waals surface area (Å²) in [5, 5.41) is 56.4. The zero-order valence-corrected chi connectivity index (χ0v) is 51.2. The van der Waals surface area contributed by atoms with Gasteiger partial charge in [-0.15, -0.1) is 0 Å². The smallest absolute Gasteiger partial charge is 0.341 e. The second-order valence-corrected chi connectivity index (χ2v) is 22.5. The number of carboxylic acids is 5. The zero-order chi connectivity index (χ0) is 65.6. The van der Waals surface area contributed by atoms with Crippen LogP contribution in [0.4, 0.5) is 0 Å². The van der Waals surface area contributed by atoms with Crippen molar-refractivity contribution < 1.29 is 117 Å². The largest absolute Gasteiger partial charge is 0.494 e. The van der Waals surface area contributed by atoms with Gasteiger partial charge >= 0.3 is 29.8 Å². The van der Waals surface area contributed by atoms with E-state index in [1.54, 1.807) is 18.2 Å². The van der Waals surface area contributed by atoms with Crippen molar-refractivity contribution in [1.82, 2.24) is 0 Å². The number of benzene rings is 6. The quantitative estimate of drug-likeness (QED) is 0.0281. The van der Waals surface area contributed by atoms with Crippen molar-refractivity contribution in [3.05, 3.63) is 146 Å². The van der Waals surface area contributed by atoms with Crippen LogP contribution < -0.4 is 52.1 Å². The molecule has 0 unspecified atom stereocenters. The molecule has 24 heteroatoms. The van der Waals surface area contributed by atoms with Gasteiger partial charge in [0.2, 0.25) is 0 Å². The van der Waals surface area contributed by atoms with Gasteiger partial charge in [0.1, 0.15) is 18.6 Å². The van der Waals surface area contributed by atoms with E-state index in [9.17, 15) is 49.5 Å². The van der Waals surface area contributed by atoms with E-state index in [1.165, 1.54) is 0 Å². The van der Waals surface area contributed by atoms with E-state index in [2.05, 4.69) is 4.89 Å². The Kier molecular flexibility index (Phi) is 24.2. The normalized spacial score (nSPS) is 14.7. The van der Waals surface area contributed by atoms with Crippen LogP contribution in [0.15, 0.2) is 78.9 Å². The lowest BCUT2D eigenvalue weighted by Crippen LogP contribution is -2.13. The third-order valence-electron chi connectivity index (χ3n) is 15.6. The second-order valence-electron chi connectivity index (χ2n) is 22.5. The fraction of sp³-hybridized carbons (Fsp3) is 0.391. The molecule has 12 aliphatic heterocycles. The number of hydrogen-bond donors (Lipinski definition) is 6. The first-order chi connectivity index (χ1) is 45.1. The van der Waals surface area contributed by atoms with Gasteiger partial charge in [-0.2, -0.15) is 0 Å². The third-order valence-corrected chi connectivity index (χ3v) is 15.6. The van der Waals surface area contributed by atoms with Crippen LogP contribution in [0.25, 0.3) is 0 Å². The number of aldehydes is 1. The molecule has 0 radical (unpaired) electrons. The molecule has 93 heavy (non-hydrogen) atoms. The summed E-state index contributed by atoms with van der Waals surface area (Å²) >= 11 is 0. The number of carbonyl (C=O) groups excluding carboxylic acids is 1. The molecule has 14 aliphatic rings. The number of aliphatic carboxylic acids is 5. The van der Waals surface area contributed by atoms with E-state index >= 15 is 0 Å². The molecule has 6 N–H and O–H groups in total. The van der Waals surface area contributed by atoms with Crippen molar-refractivity contribution in [3.63, 3.8) is 0 Å². The van der Waals surface area contributed by atoms with Gasteiger partial charge in [-0.3, -0.25) is 5.26 Å². The Morgan fingerprint density at radius 3 is 0.796 bits per heavy atom. The SMILES string of the molecule is O=C(O)COc1cc2c3cc1OCCCCCOc1ccc4c(c1)Cc1cc(OCC(=O)O)c5cc1Cc1cc(OCC(=O)O)c(cc1C4)OCCCCCOc1cc(c(cc1OCC(=O)O)C3)Cc1cc(OCC(=O)O)c(cc1C2)OCCCCCO5.O=CCOO. The van der Waals surface area contributed by atoms with Crippen LogP contribution in [0.5, 0.6) is 63.2 Å². The average Bonchev–Trinajstić information content (AvgIpc) is 1.86. The van der Waals surface area contributed by atoms with Crippen molar-refractivity contribution in [1.29, 1.82) is 0 Å². The molecule has 18 bridgehead atoms. The van der Waals surface area contributed by atoms with Crippen LogP contribution in [0.3, 0.4) is 0 Å². The molecule has 0 amide bonds. The summed E-state index contributed by atoms with van der Waals surface area (Å²) in [5.41, 5.74) is 9.96. The Balaban J connectivity index is 0.00000196. The highest BCUT2D eigenvalue weighted by atomic mass is 17.1. The summed E-state index contributed by atoms with van der Waals surface area (Å²) in [6.07, 6.45) is 7.87. The van der Waals surface area contributed by atoms with Gasteiger partial charge in [-0.05, 0) is 236 Å². The third kappa shape index (κ3) is 19.5. The van der Waals surface area contributed by atoms with Gasteiger partial charge < -0.3 is 82.4 Å². The molecule has 0 atom stereocenters. The van der Waals surface area contributed by atoms with Crippen LogP contribution in [0.1, 0.15) is 125 Å². The maximum Gasteiger partial charge on any atom is 0.341 e. The first-order valence-electron chi connectivity index (χ1n) is 30.7. The molecule has 0 aromatic heterocycles. The molecule has 0 saturated heterocycles. The summed E-state index contributed by atoms with van der Waals surface area (Å²) in [7, 11) is 0. The fourth-order valence-corrected chi connectivity index (χ4v) is 11.2. The van der Waals surface area contributed by atoms with Crippen LogP contribution >= 0.6 is 0 Å². The minimum absolute atomic E-state index is 0.193. The summed E-state index contributed by atoms with van der Waals surface area (Å²) in [4.78, 5) is 72.6. The van der Waals surface area contributed by atoms with E-state index < -0.39 is 62.9 Å². The van der Waals surface area contributed by atoms with E-state index in [0.29, 0.717) is 124 Å². The van der Waals surface area contributed by atoms with Crippen molar-refractivity contribution in [2.45, 2.75) is 96.3 Å². The standard InChI is InChI=1S/C67H70O21.C2H4O3/c68-63(69)35-84-58-30-43-19-41-24-52-11-10-40(41)18-42-25-53-59(85-36-64(70)71)31-48(42)20-44(43)26-54(58)81-15-8-3-9-17-83-57-28-46-22-49-32-60(86-37-65(72)73)55(80-13-5-1-4-12-78-52)27-45(49)21-50-33-61(87-38-66(74)75)56(82-16-7-2-6-14-79-53)29-47(50)23-51(46)34-62(57)88-39-67(76)77;3-1-2-5-4/h10-11,24-34H,1-9,12-23,35-39H2,(H,68,69)(H,70,71)(H,72,73)(H,74,75)(H,76,77);1,4H,2H2. The lowest BCUT2D eigenvalue weighted by atomic mass is 9.94. The number of ether oxygens (including phenoxy) is 11. The minimum Gasteiger partial charge on any atom is -0.494 e. The average molecular weight is 1290 g/mol. The van der Waals surface area contributed by atoms with Crippen molar-refractivity contribution in [2.24, 2.45) is 0 Å². The molecule has 0 saturated carbocycles. The Bertz CT molecular complexity index is 3620. The van der Waals surface area contributed by atoms with Gasteiger partial charge in [-0.1, -0.05) is 6.07 Å². The van der Waals surface area contributed by atoms with E-state index in [4.69, 9.17) is 62.2 Å². The van der Waals surface area contributed by atoms with Crippen molar-refractivity contribution in [3.8, 4) is 63.2 Å². The van der Waals surface area contributed by atoms with Crippen LogP contribution in [0.2, 0.25) is 0 Å². The lowest BCUT2D eigenvalue weighted by Gasteiger charge is -2.20. The molecule has 0 fully saturated rings. The Hall–Kier alpha value is -9.94. The number of carboxylic acid groups (broad SMARTS) is 5. The fourth-order valence-electron chi connectivity index (χ4n) is 11.2. The maximum atomic E-state index is 12.0. The van der Waals surface area contributed by atoms with Gasteiger partial charge in [0.15, 0.2) is 90.5 Å². The highest BCUT2D eigenvalue weighted by molar-refractivity contribution is 5.71. The molecule has 0 spiro atoms. The monoisotopic (exact) mass is 1290 g/mol. The predicted molar refractivity (Wildman–Crippen MR) is 330 cm³/mol. The van der Waals surface area contributed by atoms with Crippen LogP contribution in [0, 0.1) is 0 Å². The highest BCUT2D eigenvalue weighted by Crippen LogP contribution is 2.44. The first-order valence-corrected chi connectivity index (χ1v) is 30.7. The topological polar surface area (TPSA) is 335 Å². The van der Waals surface area contributed by atoms with E-state index in [1.807, 2.05) is 60.7 Å². The summed E-state index contributed by atoms with van der Waals surface area (Å²) in [5.74, 6) is -2.50. The molecule has 6 aromatic rings. The molecule has 20 rings (SSSR count). The van der Waals surface area contributed by atoms with Gasteiger partial charge in [0, 0.05) is 0 Å². The summed E-state index contributed by atoms with van der Waals surface area (Å²) in [6.45, 7) is -1.95. The predicted octanol–water partition coefficient (Wildman–Crippen LogP) is 9.36. The zero-order valence-electron chi connectivity index (χ0n) is 51.2. The minimum atomic E-state index is -1.20. The van der Waals surface area contributed by atoms with Crippen molar-refractivity contribution in [2.75, 3.05) is 79.3 Å². The molecule has 494 valence electrons. The second kappa shape index (κ2) is 33.4. The van der Waals surface area contributed by atoms with Gasteiger partial charge in [0.25, 0.3) is 0 Å². The number of rotatable bonds is 17. The Labute approximate surface area is 535 Å². The van der Waals surface area contributed by atoms with E-state index in [0.717, 1.165) is 66.8 Å². The van der Waals surface area contributed by atoms with E-state index in [-0.39, 0.29) is 87.7 Å².